The molecule has 0 spiro atoms. The number of halogens is 1. The number of hydrogen-bond donors (Lipinski definition) is 1. The summed E-state index contributed by atoms with van der Waals surface area (Å²) in [6, 6.07) is 8.15. The number of aromatic nitrogens is 3. The zero-order valence-electron chi connectivity index (χ0n) is 6.87. The molecule has 0 bridgehead atoms. The maximum Gasteiger partial charge on any atom is 0.137 e. The molecular formula is C9H8BrN3. The summed E-state index contributed by atoms with van der Waals surface area (Å²) in [6.07, 6.45) is 2.31. The molecule has 3 nitrogen and oxygen atoms in total. The minimum absolute atomic E-state index is 0.791. The first kappa shape index (κ1) is 8.44. The average Bonchev–Trinajstić information content (AvgIpc) is 2.57. The maximum absolute atomic E-state index is 4.06. The quantitative estimate of drug-likeness (QED) is 0.870. The van der Waals surface area contributed by atoms with Crippen LogP contribution in [0.4, 0.5) is 0 Å². The van der Waals surface area contributed by atoms with Crippen molar-refractivity contribution in [2.75, 3.05) is 0 Å². The van der Waals surface area contributed by atoms with Crippen LogP contribution in [0.25, 0.3) is 0 Å². The van der Waals surface area contributed by atoms with E-state index in [-0.39, 0.29) is 0 Å². The zero-order chi connectivity index (χ0) is 9.10. The van der Waals surface area contributed by atoms with E-state index in [0.717, 1.165) is 16.7 Å². The number of rotatable bonds is 2. The van der Waals surface area contributed by atoms with Crippen LogP contribution in [0.2, 0.25) is 0 Å². The van der Waals surface area contributed by atoms with Gasteiger partial charge in [0.05, 0.1) is 0 Å². The molecule has 1 aromatic heterocycles. The molecule has 0 saturated heterocycles. The van der Waals surface area contributed by atoms with Gasteiger partial charge in [-0.15, -0.1) is 0 Å². The van der Waals surface area contributed by atoms with Crippen LogP contribution in [-0.4, -0.2) is 15.2 Å². The van der Waals surface area contributed by atoms with Crippen LogP contribution < -0.4 is 0 Å². The highest BCUT2D eigenvalue weighted by molar-refractivity contribution is 9.10. The van der Waals surface area contributed by atoms with Crippen molar-refractivity contribution >= 4 is 15.9 Å². The van der Waals surface area contributed by atoms with E-state index in [1.54, 1.807) is 0 Å². The molecule has 0 amide bonds. The molecule has 1 aromatic carbocycles. The van der Waals surface area contributed by atoms with E-state index >= 15 is 0 Å². The fraction of sp³-hybridized carbons (Fsp3) is 0.111. The summed E-state index contributed by atoms with van der Waals surface area (Å²) in [6.45, 7) is 0. The molecule has 2 aromatic rings. The van der Waals surface area contributed by atoms with E-state index in [9.17, 15) is 0 Å². The second-order valence-corrected chi connectivity index (χ2v) is 3.65. The molecule has 0 atom stereocenters. The summed E-state index contributed by atoms with van der Waals surface area (Å²) < 4.78 is 1.09. The third kappa shape index (κ3) is 2.15. The van der Waals surface area contributed by atoms with Crippen molar-refractivity contribution in [1.82, 2.24) is 15.2 Å². The average molecular weight is 238 g/mol. The highest BCUT2D eigenvalue weighted by atomic mass is 79.9. The van der Waals surface area contributed by atoms with Gasteiger partial charge in [0, 0.05) is 10.9 Å². The lowest BCUT2D eigenvalue weighted by molar-refractivity contribution is 0.972. The molecular weight excluding hydrogens is 230 g/mol. The molecule has 66 valence electrons. The molecule has 0 aliphatic heterocycles. The van der Waals surface area contributed by atoms with E-state index in [0.29, 0.717) is 0 Å². The lowest BCUT2D eigenvalue weighted by atomic mass is 10.1. The molecule has 0 aliphatic rings. The van der Waals surface area contributed by atoms with Crippen molar-refractivity contribution in [3.8, 4) is 0 Å². The van der Waals surface area contributed by atoms with E-state index in [2.05, 4.69) is 43.2 Å². The molecule has 2 rings (SSSR count). The smallest absolute Gasteiger partial charge is 0.137 e. The summed E-state index contributed by atoms with van der Waals surface area (Å²) in [7, 11) is 0. The lowest BCUT2D eigenvalue weighted by Crippen LogP contribution is -1.90. The number of nitrogens with one attached hydrogen (secondary N) is 1. The Morgan fingerprint density at radius 2 is 2.31 bits per heavy atom. The Hall–Kier alpha value is -1.16. The van der Waals surface area contributed by atoms with Crippen LogP contribution in [-0.2, 0) is 6.42 Å². The first-order valence-corrected chi connectivity index (χ1v) is 4.72. The van der Waals surface area contributed by atoms with Crippen molar-refractivity contribution in [3.63, 3.8) is 0 Å². The van der Waals surface area contributed by atoms with Gasteiger partial charge in [-0.2, -0.15) is 5.10 Å². The van der Waals surface area contributed by atoms with Crippen LogP contribution in [0.5, 0.6) is 0 Å². The van der Waals surface area contributed by atoms with Gasteiger partial charge < -0.3 is 0 Å². The van der Waals surface area contributed by atoms with Gasteiger partial charge in [0.25, 0.3) is 0 Å². The van der Waals surface area contributed by atoms with Crippen LogP contribution in [0.3, 0.4) is 0 Å². The second kappa shape index (κ2) is 3.70. The van der Waals surface area contributed by atoms with Crippen LogP contribution in [0.15, 0.2) is 35.1 Å². The van der Waals surface area contributed by atoms with Crippen LogP contribution >= 0.6 is 15.9 Å². The summed E-state index contributed by atoms with van der Waals surface area (Å²) in [5.74, 6) is 0.887. The fourth-order valence-corrected chi connectivity index (χ4v) is 1.60. The van der Waals surface area contributed by atoms with E-state index in [1.165, 1.54) is 11.9 Å². The summed E-state index contributed by atoms with van der Waals surface area (Å²) >= 11 is 3.42. The van der Waals surface area contributed by atoms with Gasteiger partial charge in [0.1, 0.15) is 12.2 Å². The van der Waals surface area contributed by atoms with Gasteiger partial charge in [-0.25, -0.2) is 4.98 Å². The molecule has 1 N–H and O–H groups in total. The number of nitrogens with zero attached hydrogens (tertiary/aromatic N) is 2. The third-order valence-corrected chi connectivity index (χ3v) is 2.22. The van der Waals surface area contributed by atoms with E-state index in [4.69, 9.17) is 0 Å². The highest BCUT2D eigenvalue weighted by Crippen LogP contribution is 2.13. The first-order chi connectivity index (χ1) is 6.34. The normalized spacial score (nSPS) is 10.2. The molecule has 0 aliphatic carbocycles. The van der Waals surface area contributed by atoms with Crippen LogP contribution in [0.1, 0.15) is 11.4 Å². The minimum atomic E-state index is 0.791. The predicted molar refractivity (Wildman–Crippen MR) is 53.3 cm³/mol. The summed E-state index contributed by atoms with van der Waals surface area (Å²) in [5.41, 5.74) is 1.21. The standard InChI is InChI=1S/C9H8BrN3/c10-8-3-1-2-7(4-8)5-9-11-6-12-13-9/h1-4,6H,5H2,(H,11,12,13). The Bertz CT molecular complexity index is 384. The third-order valence-electron chi connectivity index (χ3n) is 1.73. The Morgan fingerprint density at radius 3 is 3.00 bits per heavy atom. The van der Waals surface area contributed by atoms with Crippen molar-refractivity contribution in [1.29, 1.82) is 0 Å². The number of hydrogen-bond acceptors (Lipinski definition) is 2. The number of benzene rings is 1. The van der Waals surface area contributed by atoms with Gasteiger partial charge in [-0.05, 0) is 17.7 Å². The molecule has 0 fully saturated rings. The Balaban J connectivity index is 2.19. The summed E-state index contributed by atoms with van der Waals surface area (Å²) in [4.78, 5) is 4.06. The SMILES string of the molecule is Brc1cccc(Cc2ncn[nH]2)c1. The van der Waals surface area contributed by atoms with Gasteiger partial charge >= 0.3 is 0 Å². The van der Waals surface area contributed by atoms with Crippen molar-refractivity contribution < 1.29 is 0 Å². The van der Waals surface area contributed by atoms with Gasteiger partial charge in [-0.1, -0.05) is 28.1 Å². The molecule has 0 saturated carbocycles. The first-order valence-electron chi connectivity index (χ1n) is 3.93. The Labute approximate surface area is 84.3 Å². The molecule has 1 heterocycles. The van der Waals surface area contributed by atoms with E-state index in [1.807, 2.05) is 12.1 Å². The molecule has 4 heteroatoms. The maximum atomic E-state index is 4.06. The van der Waals surface area contributed by atoms with Crippen molar-refractivity contribution in [2.45, 2.75) is 6.42 Å². The highest BCUT2D eigenvalue weighted by Gasteiger charge is 1.98. The molecule has 0 unspecified atom stereocenters. The minimum Gasteiger partial charge on any atom is -0.263 e. The van der Waals surface area contributed by atoms with E-state index < -0.39 is 0 Å². The predicted octanol–water partition coefficient (Wildman–Crippen LogP) is 2.16. The van der Waals surface area contributed by atoms with Gasteiger partial charge in [-0.3, -0.25) is 5.10 Å². The Kier molecular flexibility index (Phi) is 2.40. The largest absolute Gasteiger partial charge is 0.263 e. The van der Waals surface area contributed by atoms with Crippen molar-refractivity contribution in [3.05, 3.63) is 46.5 Å². The lowest BCUT2D eigenvalue weighted by Gasteiger charge is -1.97. The molecule has 13 heavy (non-hydrogen) atoms. The summed E-state index contributed by atoms with van der Waals surface area (Å²) in [5, 5.41) is 6.62. The fourth-order valence-electron chi connectivity index (χ4n) is 1.16. The number of H-pyrrole nitrogens is 1. The Morgan fingerprint density at radius 1 is 1.38 bits per heavy atom. The van der Waals surface area contributed by atoms with Gasteiger partial charge in [0.15, 0.2) is 0 Å². The topological polar surface area (TPSA) is 41.6 Å². The van der Waals surface area contributed by atoms with Crippen LogP contribution in [0, 0.1) is 0 Å². The van der Waals surface area contributed by atoms with Gasteiger partial charge in [0.2, 0.25) is 0 Å². The zero-order valence-corrected chi connectivity index (χ0v) is 8.45. The second-order valence-electron chi connectivity index (χ2n) is 2.74. The van der Waals surface area contributed by atoms with Crippen molar-refractivity contribution in [2.24, 2.45) is 0 Å². The molecule has 0 radical (unpaired) electrons. The monoisotopic (exact) mass is 237 g/mol. The number of aromatic amines is 1.